The Kier molecular flexibility index (Phi) is 6.02. The van der Waals surface area contributed by atoms with E-state index < -0.39 is 23.5 Å². The van der Waals surface area contributed by atoms with Gasteiger partial charge in [-0.15, -0.1) is 0 Å². The molecule has 0 aromatic heterocycles. The highest BCUT2D eigenvalue weighted by atomic mass is 31.3. The molecule has 10 nitrogen and oxygen atoms in total. The fourth-order valence-electron chi connectivity index (χ4n) is 2.23. The van der Waals surface area contributed by atoms with E-state index in [-0.39, 0.29) is 17.9 Å². The maximum Gasteiger partial charge on any atom is 0.490 e. The number of phosphoric ester groups is 1. The van der Waals surface area contributed by atoms with Gasteiger partial charge < -0.3 is 19.6 Å². The fraction of sp³-hybridized carbons (Fsp3) is 1.00. The van der Waals surface area contributed by atoms with E-state index in [9.17, 15) is 18.6 Å². The zero-order chi connectivity index (χ0) is 16.5. The van der Waals surface area contributed by atoms with Gasteiger partial charge >= 0.3 is 23.5 Å². The first kappa shape index (κ1) is 19.5. The van der Waals surface area contributed by atoms with Crippen LogP contribution in [0.25, 0.3) is 0 Å². The molecule has 4 N–H and O–H groups in total. The minimum atomic E-state index is -5.42. The van der Waals surface area contributed by atoms with Crippen LogP contribution < -0.4 is 0 Å². The minimum absolute atomic E-state index is 0.00939. The highest BCUT2D eigenvalue weighted by Gasteiger charge is 2.41. The molecule has 0 aromatic carbocycles. The van der Waals surface area contributed by atoms with Gasteiger partial charge in [0.25, 0.3) is 0 Å². The summed E-state index contributed by atoms with van der Waals surface area (Å²) in [7, 11) is -15.8. The van der Waals surface area contributed by atoms with Gasteiger partial charge in [-0.2, -0.15) is 8.62 Å². The number of hydrogen-bond acceptors (Lipinski definition) is 6. The Balaban J connectivity index is 2.52. The lowest BCUT2D eigenvalue weighted by Gasteiger charge is -2.19. The van der Waals surface area contributed by atoms with Crippen LogP contribution in [0.2, 0.25) is 0 Å². The molecular weight excluding hydrogens is 349 g/mol. The van der Waals surface area contributed by atoms with E-state index in [1.807, 2.05) is 13.8 Å². The van der Waals surface area contributed by atoms with Gasteiger partial charge in [0, 0.05) is 0 Å². The molecule has 2 unspecified atom stereocenters. The summed E-state index contributed by atoms with van der Waals surface area (Å²) in [5.41, 5.74) is 0.0874. The summed E-state index contributed by atoms with van der Waals surface area (Å²) >= 11 is 0. The number of phosphoric acid groups is 3. The van der Waals surface area contributed by atoms with Gasteiger partial charge in [-0.05, 0) is 30.6 Å². The molecule has 0 heterocycles. The second-order valence-corrected chi connectivity index (χ2v) is 10.1. The fourth-order valence-corrected chi connectivity index (χ4v) is 5.32. The van der Waals surface area contributed by atoms with Crippen molar-refractivity contribution in [3.05, 3.63) is 0 Å². The van der Waals surface area contributed by atoms with Crippen LogP contribution in [0, 0.1) is 11.3 Å². The molecule has 13 heteroatoms. The predicted octanol–water partition coefficient (Wildman–Crippen LogP) is 2.16. The summed E-state index contributed by atoms with van der Waals surface area (Å²) in [5.74, 6) is -0.00939. The highest BCUT2D eigenvalue weighted by Crippen LogP contribution is 2.66. The minimum Gasteiger partial charge on any atom is -0.302 e. The predicted molar refractivity (Wildman–Crippen MR) is 70.9 cm³/mol. The van der Waals surface area contributed by atoms with Crippen molar-refractivity contribution in [2.45, 2.75) is 33.1 Å². The van der Waals surface area contributed by atoms with Crippen molar-refractivity contribution in [3.8, 4) is 0 Å². The molecule has 3 atom stereocenters. The Hall–Kier alpha value is 0.410. The molecule has 1 rings (SSSR count). The summed E-state index contributed by atoms with van der Waals surface area (Å²) in [4.78, 5) is 35.0. The van der Waals surface area contributed by atoms with Gasteiger partial charge in [-0.1, -0.05) is 13.8 Å². The van der Waals surface area contributed by atoms with Gasteiger partial charge in [0.15, 0.2) is 0 Å². The third-order valence-corrected chi connectivity index (χ3v) is 6.76. The van der Waals surface area contributed by atoms with E-state index in [0.29, 0.717) is 0 Å². The SMILES string of the molecule is CC1(C)CC[C@@H](COP(=O)(O)OP(=O)(O)OP(=O)(O)O)C1. The Morgan fingerprint density at radius 2 is 1.62 bits per heavy atom. The third-order valence-electron chi connectivity index (χ3n) is 2.96. The average Bonchev–Trinajstić information content (AvgIpc) is 2.49. The van der Waals surface area contributed by atoms with Gasteiger partial charge in [0.2, 0.25) is 0 Å². The molecule has 0 bridgehead atoms. The molecule has 1 aliphatic rings. The van der Waals surface area contributed by atoms with Crippen molar-refractivity contribution >= 4 is 23.5 Å². The van der Waals surface area contributed by atoms with Crippen molar-refractivity contribution in [2.75, 3.05) is 6.61 Å². The van der Waals surface area contributed by atoms with Crippen molar-refractivity contribution in [1.29, 1.82) is 0 Å². The quantitative estimate of drug-likeness (QED) is 0.490. The van der Waals surface area contributed by atoms with Crippen LogP contribution in [0.5, 0.6) is 0 Å². The zero-order valence-corrected chi connectivity index (χ0v) is 14.2. The van der Waals surface area contributed by atoms with Crippen molar-refractivity contribution in [1.82, 2.24) is 0 Å². The lowest BCUT2D eigenvalue weighted by Crippen LogP contribution is -2.09. The van der Waals surface area contributed by atoms with Crippen molar-refractivity contribution in [2.24, 2.45) is 11.3 Å². The number of hydrogen-bond donors (Lipinski definition) is 4. The molecule has 0 radical (unpaired) electrons. The van der Waals surface area contributed by atoms with Gasteiger partial charge in [0.05, 0.1) is 6.61 Å². The standard InChI is InChI=1S/C8H19O10P3/c1-8(2)4-3-7(5-8)6-16-20(12,13)18-21(14,15)17-19(9,10)11/h7H,3-6H2,1-2H3,(H,12,13)(H,14,15)(H2,9,10,11)/t7-/m1/s1. The first-order valence-electron chi connectivity index (χ1n) is 5.98. The Morgan fingerprint density at radius 3 is 2.05 bits per heavy atom. The van der Waals surface area contributed by atoms with Crippen LogP contribution in [0.1, 0.15) is 33.1 Å². The van der Waals surface area contributed by atoms with Crippen LogP contribution in [-0.4, -0.2) is 26.2 Å². The van der Waals surface area contributed by atoms with E-state index in [0.717, 1.165) is 19.3 Å². The molecule has 1 fully saturated rings. The number of rotatable bonds is 7. The molecule has 0 aromatic rings. The molecule has 0 spiro atoms. The topological polar surface area (TPSA) is 160 Å². The normalized spacial score (nSPS) is 28.0. The monoisotopic (exact) mass is 368 g/mol. The second-order valence-electron chi connectivity index (χ2n) is 5.66. The van der Waals surface area contributed by atoms with Crippen LogP contribution >= 0.6 is 23.5 Å². The third kappa shape index (κ3) is 8.00. The first-order valence-corrected chi connectivity index (χ1v) is 10.5. The van der Waals surface area contributed by atoms with E-state index >= 15 is 0 Å². The van der Waals surface area contributed by atoms with Crippen LogP contribution in [0.3, 0.4) is 0 Å². The Morgan fingerprint density at radius 1 is 1.05 bits per heavy atom. The first-order chi connectivity index (χ1) is 9.20. The molecule has 126 valence electrons. The molecule has 0 amide bonds. The average molecular weight is 368 g/mol. The summed E-state index contributed by atoms with van der Waals surface area (Å²) in [6.45, 7) is 3.91. The zero-order valence-electron chi connectivity index (χ0n) is 11.5. The lowest BCUT2D eigenvalue weighted by molar-refractivity contribution is 0.151. The summed E-state index contributed by atoms with van der Waals surface area (Å²) in [6.07, 6.45) is 2.43. The molecule has 0 saturated heterocycles. The van der Waals surface area contributed by atoms with Gasteiger partial charge in [-0.3, -0.25) is 4.52 Å². The van der Waals surface area contributed by atoms with Gasteiger partial charge in [0.1, 0.15) is 0 Å². The molecule has 21 heavy (non-hydrogen) atoms. The second kappa shape index (κ2) is 6.49. The van der Waals surface area contributed by atoms with Gasteiger partial charge in [-0.25, -0.2) is 13.7 Å². The molecule has 0 aliphatic heterocycles. The summed E-state index contributed by atoms with van der Waals surface area (Å²) in [6, 6.07) is 0. The van der Waals surface area contributed by atoms with E-state index in [2.05, 4.69) is 13.1 Å². The molecular formula is C8H19O10P3. The Labute approximate surface area is 121 Å². The van der Waals surface area contributed by atoms with Crippen LogP contribution in [-0.2, 0) is 26.8 Å². The summed E-state index contributed by atoms with van der Waals surface area (Å²) in [5, 5.41) is 0. The Bertz CT molecular complexity index is 510. The van der Waals surface area contributed by atoms with E-state index in [4.69, 9.17) is 14.7 Å². The van der Waals surface area contributed by atoms with E-state index in [1.165, 1.54) is 0 Å². The molecule has 1 saturated carbocycles. The van der Waals surface area contributed by atoms with E-state index in [1.54, 1.807) is 0 Å². The summed E-state index contributed by atoms with van der Waals surface area (Å²) < 4.78 is 44.8. The van der Waals surface area contributed by atoms with Crippen LogP contribution in [0.15, 0.2) is 0 Å². The smallest absolute Gasteiger partial charge is 0.302 e. The van der Waals surface area contributed by atoms with Crippen molar-refractivity contribution in [3.63, 3.8) is 0 Å². The largest absolute Gasteiger partial charge is 0.490 e. The highest BCUT2D eigenvalue weighted by molar-refractivity contribution is 7.66. The molecule has 1 aliphatic carbocycles. The lowest BCUT2D eigenvalue weighted by atomic mass is 9.91. The maximum absolute atomic E-state index is 11.5. The maximum atomic E-state index is 11.5. The van der Waals surface area contributed by atoms with Crippen LogP contribution in [0.4, 0.5) is 0 Å². The van der Waals surface area contributed by atoms with Crippen molar-refractivity contribution < 1.29 is 46.4 Å².